The number of hydrogen-bond donors (Lipinski definition) is 1. The van der Waals surface area contributed by atoms with Crippen molar-refractivity contribution >= 4 is 16.6 Å². The minimum Gasteiger partial charge on any atom is -0.378 e. The number of anilines is 1. The zero-order valence-corrected chi connectivity index (χ0v) is 15.5. The van der Waals surface area contributed by atoms with Gasteiger partial charge in [-0.05, 0) is 59.5 Å². The minimum absolute atomic E-state index is 0.118. The molecule has 2 aliphatic heterocycles. The molecule has 2 aliphatic rings. The summed E-state index contributed by atoms with van der Waals surface area (Å²) < 4.78 is 20.5. The number of nitrogens with one attached hydrogen (secondary N) is 1. The average Bonchev–Trinajstić information content (AvgIpc) is 3.16. The molecule has 5 rings (SSSR count). The van der Waals surface area contributed by atoms with Gasteiger partial charge >= 0.3 is 0 Å². The maximum absolute atomic E-state index is 15.1. The molecule has 1 fully saturated rings. The second kappa shape index (κ2) is 6.66. The zero-order chi connectivity index (χ0) is 18.4. The highest BCUT2D eigenvalue weighted by molar-refractivity contribution is 5.80. The van der Waals surface area contributed by atoms with E-state index in [1.807, 2.05) is 6.20 Å². The molecule has 0 aliphatic carbocycles. The van der Waals surface area contributed by atoms with Gasteiger partial charge in [0, 0.05) is 43.8 Å². The summed E-state index contributed by atoms with van der Waals surface area (Å²) in [5.41, 5.74) is 5.45. The molecule has 1 unspecified atom stereocenters. The van der Waals surface area contributed by atoms with E-state index >= 15 is 4.39 Å². The van der Waals surface area contributed by atoms with Crippen LogP contribution in [0.3, 0.4) is 0 Å². The van der Waals surface area contributed by atoms with Crippen LogP contribution in [0, 0.1) is 5.82 Å². The second-order valence-electron chi connectivity index (χ2n) is 7.68. The van der Waals surface area contributed by atoms with E-state index in [1.165, 1.54) is 16.5 Å². The molecule has 1 saturated heterocycles. The highest BCUT2D eigenvalue weighted by Crippen LogP contribution is 2.37. The smallest absolute Gasteiger partial charge is 0.146 e. The second-order valence-corrected chi connectivity index (χ2v) is 7.68. The first kappa shape index (κ1) is 16.8. The van der Waals surface area contributed by atoms with Gasteiger partial charge in [0.1, 0.15) is 5.82 Å². The largest absolute Gasteiger partial charge is 0.378 e. The van der Waals surface area contributed by atoms with Gasteiger partial charge in [0.25, 0.3) is 0 Å². The van der Waals surface area contributed by atoms with Crippen molar-refractivity contribution in [1.82, 2.24) is 9.88 Å². The number of benzene rings is 2. The molecule has 1 aromatic heterocycles. The predicted octanol–water partition coefficient (Wildman–Crippen LogP) is 3.72. The zero-order valence-electron chi connectivity index (χ0n) is 15.5. The number of nitrogens with zero attached hydrogens (tertiary/aromatic N) is 2. The number of aromatic amines is 1. The van der Waals surface area contributed by atoms with Crippen molar-refractivity contribution in [3.63, 3.8) is 0 Å². The quantitative estimate of drug-likeness (QED) is 0.751. The molecule has 0 bridgehead atoms. The first-order chi connectivity index (χ1) is 13.2. The highest BCUT2D eigenvalue weighted by Gasteiger charge is 2.28. The fraction of sp³-hybridized carbons (Fsp3) is 0.364. The lowest BCUT2D eigenvalue weighted by molar-refractivity contribution is 0.122. The van der Waals surface area contributed by atoms with E-state index in [0.29, 0.717) is 18.9 Å². The minimum atomic E-state index is -0.118. The Balaban J connectivity index is 1.57. The maximum Gasteiger partial charge on any atom is 0.146 e. The van der Waals surface area contributed by atoms with Gasteiger partial charge in [0.15, 0.2) is 0 Å². The number of aromatic nitrogens is 1. The summed E-state index contributed by atoms with van der Waals surface area (Å²) in [7, 11) is 2.14. The van der Waals surface area contributed by atoms with Crippen LogP contribution < -0.4 is 4.90 Å². The number of halogens is 1. The number of rotatable bonds is 2. The number of fused-ring (bicyclic) bond motifs is 2. The van der Waals surface area contributed by atoms with Gasteiger partial charge in [0.2, 0.25) is 0 Å². The number of hydrogen-bond acceptors (Lipinski definition) is 3. The molecule has 0 radical (unpaired) electrons. The molecule has 5 heteroatoms. The van der Waals surface area contributed by atoms with Crippen molar-refractivity contribution in [1.29, 1.82) is 0 Å². The fourth-order valence-corrected chi connectivity index (χ4v) is 4.47. The van der Waals surface area contributed by atoms with Crippen LogP contribution in [0.5, 0.6) is 0 Å². The Morgan fingerprint density at radius 3 is 2.81 bits per heavy atom. The molecule has 0 amide bonds. The van der Waals surface area contributed by atoms with Gasteiger partial charge in [-0.2, -0.15) is 0 Å². The van der Waals surface area contributed by atoms with Crippen molar-refractivity contribution < 1.29 is 9.13 Å². The Kier molecular flexibility index (Phi) is 4.14. The third-order valence-corrected chi connectivity index (χ3v) is 5.85. The van der Waals surface area contributed by atoms with Crippen LogP contribution in [0.1, 0.15) is 22.6 Å². The molecule has 3 aromatic rings. The Morgan fingerprint density at radius 1 is 1.11 bits per heavy atom. The summed E-state index contributed by atoms with van der Waals surface area (Å²) >= 11 is 0. The highest BCUT2D eigenvalue weighted by atomic mass is 19.1. The topological polar surface area (TPSA) is 31.5 Å². The predicted molar refractivity (Wildman–Crippen MR) is 106 cm³/mol. The molecule has 27 heavy (non-hydrogen) atoms. The van der Waals surface area contributed by atoms with E-state index < -0.39 is 0 Å². The van der Waals surface area contributed by atoms with Crippen LogP contribution in [-0.2, 0) is 11.3 Å². The van der Waals surface area contributed by atoms with Crippen LogP contribution in [-0.4, -0.2) is 49.8 Å². The van der Waals surface area contributed by atoms with Crippen LogP contribution in [0.4, 0.5) is 10.1 Å². The third-order valence-electron chi connectivity index (χ3n) is 5.85. The Bertz CT molecular complexity index is 977. The fourth-order valence-electron chi connectivity index (χ4n) is 4.47. The Hall–Kier alpha value is -2.37. The van der Waals surface area contributed by atoms with Gasteiger partial charge in [-0.1, -0.05) is 6.07 Å². The standard InChI is InChI=1S/C22H24FN3O/c1-25-13-17-11-22(26-6-8-27-9-7-26)20(23)12-18(17)19(14-25)15-2-3-21-16(10-15)4-5-24-21/h2-5,10-12,19,24H,6-9,13-14H2,1H3. The molecule has 1 N–H and O–H groups in total. The van der Waals surface area contributed by atoms with Crippen molar-refractivity contribution in [3.8, 4) is 0 Å². The molecule has 4 nitrogen and oxygen atoms in total. The number of ether oxygens (including phenoxy) is 1. The number of likely N-dealkylation sites (N-methyl/N-ethyl adjacent to an activating group) is 1. The lowest BCUT2D eigenvalue weighted by atomic mass is 9.84. The van der Waals surface area contributed by atoms with Crippen molar-refractivity contribution in [3.05, 3.63) is 65.1 Å². The van der Waals surface area contributed by atoms with E-state index in [9.17, 15) is 0 Å². The number of morpholine rings is 1. The molecule has 3 heterocycles. The summed E-state index contributed by atoms with van der Waals surface area (Å²) in [4.78, 5) is 7.68. The van der Waals surface area contributed by atoms with Gasteiger partial charge in [-0.3, -0.25) is 0 Å². The van der Waals surface area contributed by atoms with Crippen LogP contribution in [0.2, 0.25) is 0 Å². The molecule has 2 aromatic carbocycles. The van der Waals surface area contributed by atoms with Crippen molar-refractivity contribution in [2.24, 2.45) is 0 Å². The monoisotopic (exact) mass is 365 g/mol. The lowest BCUT2D eigenvalue weighted by Gasteiger charge is -2.35. The van der Waals surface area contributed by atoms with E-state index in [-0.39, 0.29) is 11.7 Å². The van der Waals surface area contributed by atoms with Crippen molar-refractivity contribution in [2.45, 2.75) is 12.5 Å². The van der Waals surface area contributed by atoms with Crippen LogP contribution >= 0.6 is 0 Å². The molecular formula is C22H24FN3O. The van der Waals surface area contributed by atoms with E-state index in [1.54, 1.807) is 6.07 Å². The Labute approximate surface area is 158 Å². The molecule has 0 spiro atoms. The van der Waals surface area contributed by atoms with Gasteiger partial charge < -0.3 is 19.5 Å². The molecule has 0 saturated carbocycles. The summed E-state index contributed by atoms with van der Waals surface area (Å²) in [5.74, 6) is 0.0687. The van der Waals surface area contributed by atoms with E-state index in [2.05, 4.69) is 52.2 Å². The first-order valence-corrected chi connectivity index (χ1v) is 9.59. The molecule has 1 atom stereocenters. The summed E-state index contributed by atoms with van der Waals surface area (Å²) in [6, 6.07) is 12.5. The van der Waals surface area contributed by atoms with E-state index in [0.717, 1.165) is 37.3 Å². The van der Waals surface area contributed by atoms with Gasteiger partial charge in [-0.25, -0.2) is 4.39 Å². The SMILES string of the molecule is CN1Cc2cc(N3CCOCC3)c(F)cc2C(c2ccc3[nH]ccc3c2)C1. The van der Waals surface area contributed by atoms with E-state index in [4.69, 9.17) is 4.74 Å². The van der Waals surface area contributed by atoms with Gasteiger partial charge in [-0.15, -0.1) is 0 Å². The third kappa shape index (κ3) is 3.01. The number of H-pyrrole nitrogens is 1. The first-order valence-electron chi connectivity index (χ1n) is 9.59. The Morgan fingerprint density at radius 2 is 1.96 bits per heavy atom. The lowest BCUT2D eigenvalue weighted by Crippen LogP contribution is -2.37. The van der Waals surface area contributed by atoms with Crippen molar-refractivity contribution in [2.75, 3.05) is 44.8 Å². The average molecular weight is 365 g/mol. The molecule has 140 valence electrons. The summed E-state index contributed by atoms with van der Waals surface area (Å²) in [6.07, 6.45) is 1.96. The normalized spacial score (nSPS) is 20.8. The maximum atomic E-state index is 15.1. The van der Waals surface area contributed by atoms with Gasteiger partial charge in [0.05, 0.1) is 18.9 Å². The summed E-state index contributed by atoms with van der Waals surface area (Å²) in [5, 5.41) is 1.20. The molecular weight excluding hydrogens is 341 g/mol. The summed E-state index contributed by atoms with van der Waals surface area (Å²) in [6.45, 7) is 4.58. The van der Waals surface area contributed by atoms with Crippen LogP contribution in [0.15, 0.2) is 42.6 Å². The van der Waals surface area contributed by atoms with Crippen LogP contribution in [0.25, 0.3) is 10.9 Å².